The van der Waals surface area contributed by atoms with Gasteiger partial charge in [-0.25, -0.2) is 8.42 Å². The lowest BCUT2D eigenvalue weighted by Crippen LogP contribution is -2.31. The Balaban J connectivity index is 2.03. The summed E-state index contributed by atoms with van der Waals surface area (Å²) in [6.45, 7) is 2.99. The fraction of sp³-hybridized carbons (Fsp3) is 0.235. The molecule has 0 unspecified atom stereocenters. The summed E-state index contributed by atoms with van der Waals surface area (Å²) < 4.78 is 32.5. The van der Waals surface area contributed by atoms with Crippen LogP contribution < -0.4 is 15.4 Å². The number of rotatable bonds is 7. The number of thiocarbonyl (C=S) groups is 1. The first-order valence-corrected chi connectivity index (χ1v) is 9.54. The Morgan fingerprint density at radius 1 is 1.12 bits per heavy atom. The highest BCUT2D eigenvalue weighted by atomic mass is 32.2. The zero-order chi connectivity index (χ0) is 18.3. The largest absolute Gasteiger partial charge is 0.383 e. The fourth-order valence-corrected chi connectivity index (χ4v) is 3.40. The van der Waals surface area contributed by atoms with Gasteiger partial charge >= 0.3 is 0 Å². The number of para-hydroxylation sites is 1. The van der Waals surface area contributed by atoms with Gasteiger partial charge in [-0.1, -0.05) is 18.2 Å². The van der Waals surface area contributed by atoms with Crippen molar-refractivity contribution in [1.82, 2.24) is 5.32 Å². The van der Waals surface area contributed by atoms with Crippen LogP contribution in [0.15, 0.2) is 53.4 Å². The lowest BCUT2D eigenvalue weighted by molar-refractivity contribution is 0.204. The minimum absolute atomic E-state index is 0.180. The molecule has 0 saturated heterocycles. The van der Waals surface area contributed by atoms with E-state index in [-0.39, 0.29) is 4.90 Å². The summed E-state index contributed by atoms with van der Waals surface area (Å²) in [5.41, 5.74) is 2.12. The van der Waals surface area contributed by atoms with E-state index < -0.39 is 10.0 Å². The van der Waals surface area contributed by atoms with Crippen LogP contribution in [-0.4, -0.2) is 33.8 Å². The molecule has 0 aliphatic carbocycles. The highest BCUT2D eigenvalue weighted by molar-refractivity contribution is 7.92. The molecule has 25 heavy (non-hydrogen) atoms. The lowest BCUT2D eigenvalue weighted by atomic mass is 10.2. The highest BCUT2D eigenvalue weighted by Gasteiger charge is 2.15. The molecule has 0 bridgehead atoms. The number of sulfonamides is 1. The monoisotopic (exact) mass is 379 g/mol. The van der Waals surface area contributed by atoms with Gasteiger partial charge in [0.2, 0.25) is 0 Å². The molecule has 0 aliphatic rings. The van der Waals surface area contributed by atoms with Gasteiger partial charge in [0, 0.05) is 19.3 Å². The van der Waals surface area contributed by atoms with Crippen molar-refractivity contribution in [3.8, 4) is 0 Å². The van der Waals surface area contributed by atoms with Crippen LogP contribution in [0.25, 0.3) is 0 Å². The second kappa shape index (κ2) is 8.80. The van der Waals surface area contributed by atoms with Crippen molar-refractivity contribution in [3.05, 3.63) is 54.1 Å². The molecule has 0 fully saturated rings. The van der Waals surface area contributed by atoms with Crippen LogP contribution in [0.2, 0.25) is 0 Å². The van der Waals surface area contributed by atoms with E-state index in [0.717, 1.165) is 5.56 Å². The molecule has 0 aromatic heterocycles. The van der Waals surface area contributed by atoms with Crippen molar-refractivity contribution in [1.29, 1.82) is 0 Å². The van der Waals surface area contributed by atoms with E-state index >= 15 is 0 Å². The second-order valence-corrected chi connectivity index (χ2v) is 7.41. The minimum Gasteiger partial charge on any atom is -0.383 e. The molecule has 6 nitrogen and oxygen atoms in total. The van der Waals surface area contributed by atoms with Gasteiger partial charge in [-0.3, -0.25) is 4.72 Å². The van der Waals surface area contributed by atoms with Gasteiger partial charge in [-0.2, -0.15) is 0 Å². The smallest absolute Gasteiger partial charge is 0.261 e. The van der Waals surface area contributed by atoms with Crippen LogP contribution in [0.4, 0.5) is 11.4 Å². The Morgan fingerprint density at radius 2 is 1.80 bits per heavy atom. The molecule has 0 heterocycles. The quantitative estimate of drug-likeness (QED) is 0.507. The topological polar surface area (TPSA) is 79.5 Å². The summed E-state index contributed by atoms with van der Waals surface area (Å²) in [5, 5.41) is 6.42. The maximum Gasteiger partial charge on any atom is 0.261 e. The fourth-order valence-electron chi connectivity index (χ4n) is 2.05. The van der Waals surface area contributed by atoms with Crippen molar-refractivity contribution in [3.63, 3.8) is 0 Å². The van der Waals surface area contributed by atoms with Crippen LogP contribution in [0.1, 0.15) is 5.56 Å². The maximum absolute atomic E-state index is 12.5. The molecule has 2 aromatic rings. The molecule has 134 valence electrons. The highest BCUT2D eigenvalue weighted by Crippen LogP contribution is 2.20. The summed E-state index contributed by atoms with van der Waals surface area (Å²) in [7, 11) is -2.03. The predicted octanol–water partition coefficient (Wildman–Crippen LogP) is 2.73. The number of aryl methyl sites for hydroxylation is 1. The van der Waals surface area contributed by atoms with Crippen LogP contribution in [0, 0.1) is 6.92 Å². The van der Waals surface area contributed by atoms with E-state index in [9.17, 15) is 8.42 Å². The summed E-state index contributed by atoms with van der Waals surface area (Å²) >= 11 is 5.15. The number of benzene rings is 2. The summed E-state index contributed by atoms with van der Waals surface area (Å²) in [5.74, 6) is 0. The first-order chi connectivity index (χ1) is 11.9. The second-order valence-electron chi connectivity index (χ2n) is 5.32. The van der Waals surface area contributed by atoms with E-state index in [1.165, 1.54) is 12.1 Å². The Morgan fingerprint density at radius 3 is 2.44 bits per heavy atom. The van der Waals surface area contributed by atoms with Gasteiger partial charge in [-0.05, 0) is 55.0 Å². The predicted molar refractivity (Wildman–Crippen MR) is 105 cm³/mol. The Kier molecular flexibility index (Phi) is 6.74. The Hall–Kier alpha value is -2.16. The molecule has 8 heteroatoms. The third kappa shape index (κ3) is 5.70. The molecule has 0 atom stereocenters. The van der Waals surface area contributed by atoms with E-state index in [0.29, 0.717) is 29.6 Å². The molecule has 0 amide bonds. The molecule has 0 aliphatic heterocycles. The van der Waals surface area contributed by atoms with Gasteiger partial charge < -0.3 is 15.4 Å². The Bertz CT molecular complexity index is 821. The molecular weight excluding hydrogens is 358 g/mol. The lowest BCUT2D eigenvalue weighted by Gasteiger charge is -2.12. The average molecular weight is 380 g/mol. The molecule has 2 aromatic carbocycles. The number of hydrogen-bond acceptors (Lipinski definition) is 4. The van der Waals surface area contributed by atoms with Crippen LogP contribution >= 0.6 is 12.2 Å². The van der Waals surface area contributed by atoms with Gasteiger partial charge in [-0.15, -0.1) is 0 Å². The van der Waals surface area contributed by atoms with E-state index in [2.05, 4.69) is 15.4 Å². The molecule has 0 saturated carbocycles. The van der Waals surface area contributed by atoms with Crippen LogP contribution in [0.3, 0.4) is 0 Å². The zero-order valence-electron chi connectivity index (χ0n) is 14.1. The van der Waals surface area contributed by atoms with Crippen LogP contribution in [-0.2, 0) is 14.8 Å². The minimum atomic E-state index is -3.64. The number of methoxy groups -OCH3 is 1. The van der Waals surface area contributed by atoms with Gasteiger partial charge in [0.15, 0.2) is 5.11 Å². The SMILES string of the molecule is COCCNC(=S)Nc1ccc(S(=O)(=O)Nc2ccccc2C)cc1. The number of anilines is 2. The van der Waals surface area contributed by atoms with E-state index in [4.69, 9.17) is 17.0 Å². The van der Waals surface area contributed by atoms with Gasteiger partial charge in [0.05, 0.1) is 17.2 Å². The number of nitrogens with one attached hydrogen (secondary N) is 3. The maximum atomic E-state index is 12.5. The summed E-state index contributed by atoms with van der Waals surface area (Å²) in [6.07, 6.45) is 0. The van der Waals surface area contributed by atoms with E-state index in [1.807, 2.05) is 19.1 Å². The first kappa shape index (κ1) is 19.2. The molecule has 3 N–H and O–H groups in total. The number of hydrogen-bond donors (Lipinski definition) is 3. The van der Waals surface area contributed by atoms with Crippen LogP contribution in [0.5, 0.6) is 0 Å². The van der Waals surface area contributed by atoms with Gasteiger partial charge in [0.1, 0.15) is 0 Å². The van der Waals surface area contributed by atoms with Gasteiger partial charge in [0.25, 0.3) is 10.0 Å². The third-order valence-electron chi connectivity index (χ3n) is 3.40. The van der Waals surface area contributed by atoms with Crippen molar-refractivity contribution >= 4 is 38.7 Å². The standard InChI is InChI=1S/C17H21N3O3S2/c1-13-5-3-4-6-16(13)20-25(21,22)15-9-7-14(8-10-15)19-17(24)18-11-12-23-2/h3-10,20H,11-12H2,1-2H3,(H2,18,19,24). The Labute approximate surface area is 153 Å². The molecule has 2 rings (SSSR count). The third-order valence-corrected chi connectivity index (χ3v) is 5.03. The molecular formula is C17H21N3O3S2. The normalized spacial score (nSPS) is 11.0. The molecule has 0 radical (unpaired) electrons. The van der Waals surface area contributed by atoms with E-state index in [1.54, 1.807) is 31.4 Å². The molecule has 0 spiro atoms. The van der Waals surface area contributed by atoms with Crippen molar-refractivity contribution in [2.45, 2.75) is 11.8 Å². The summed E-state index contributed by atoms with van der Waals surface area (Å²) in [6, 6.07) is 13.6. The van der Waals surface area contributed by atoms with Crippen molar-refractivity contribution in [2.24, 2.45) is 0 Å². The summed E-state index contributed by atoms with van der Waals surface area (Å²) in [4.78, 5) is 0.180. The van der Waals surface area contributed by atoms with Crippen molar-refractivity contribution in [2.75, 3.05) is 30.3 Å². The zero-order valence-corrected chi connectivity index (χ0v) is 15.7. The van der Waals surface area contributed by atoms with Crippen molar-refractivity contribution < 1.29 is 13.2 Å². The first-order valence-electron chi connectivity index (χ1n) is 7.64. The number of ether oxygens (including phenoxy) is 1. The average Bonchev–Trinajstić information content (AvgIpc) is 2.57.